The lowest BCUT2D eigenvalue weighted by Gasteiger charge is -2.49. The number of nitrogens with one attached hydrogen (secondary N) is 3. The van der Waals surface area contributed by atoms with E-state index >= 15 is 0 Å². The fraction of sp³-hybridized carbons (Fsp3) is 0.462. The SMILES string of the molecule is C=CCn1nnnc1SCC1=C(C(=O)O)N2C(=O)C(NC(=O)C(=NOCCCNC(=O)OC(C)(C)C)c3csc(NC=O)n3)[C@@H]2SC1. The van der Waals surface area contributed by atoms with Gasteiger partial charge in [-0.25, -0.2) is 19.3 Å². The van der Waals surface area contributed by atoms with Gasteiger partial charge in [0.25, 0.3) is 11.8 Å². The molecule has 0 aliphatic carbocycles. The van der Waals surface area contributed by atoms with Crippen LogP contribution in [0.5, 0.6) is 0 Å². The van der Waals surface area contributed by atoms with E-state index in [-0.39, 0.29) is 46.9 Å². The van der Waals surface area contributed by atoms with E-state index in [1.807, 2.05) is 0 Å². The Kier molecular flexibility index (Phi) is 11.9. The van der Waals surface area contributed by atoms with Gasteiger partial charge in [-0.05, 0) is 36.8 Å². The Morgan fingerprint density at radius 2 is 2.11 bits per heavy atom. The van der Waals surface area contributed by atoms with Crippen LogP contribution in [-0.4, -0.2) is 113 Å². The molecule has 1 unspecified atom stereocenters. The number of nitrogens with zero attached hydrogens (tertiary/aromatic N) is 7. The summed E-state index contributed by atoms with van der Waals surface area (Å²) in [7, 11) is 0. The number of rotatable bonds is 16. The van der Waals surface area contributed by atoms with Crippen LogP contribution in [0, 0.1) is 0 Å². The number of carbonyl (C=O) groups excluding carboxylic acids is 4. The van der Waals surface area contributed by atoms with Crippen LogP contribution in [0.2, 0.25) is 0 Å². The molecule has 0 spiro atoms. The molecule has 2 aliphatic rings. The second-order valence-electron chi connectivity index (χ2n) is 10.7. The smallest absolute Gasteiger partial charge is 0.407 e. The predicted octanol–water partition coefficient (Wildman–Crippen LogP) is 1.05. The Morgan fingerprint density at radius 1 is 1.32 bits per heavy atom. The highest BCUT2D eigenvalue weighted by Gasteiger charge is 2.54. The molecule has 18 nitrogen and oxygen atoms in total. The van der Waals surface area contributed by atoms with Gasteiger partial charge < -0.3 is 30.6 Å². The van der Waals surface area contributed by atoms with Crippen LogP contribution in [0.3, 0.4) is 0 Å². The lowest BCUT2D eigenvalue weighted by atomic mass is 10.0. The number of hydrogen-bond donors (Lipinski definition) is 4. The zero-order valence-corrected chi connectivity index (χ0v) is 27.9. The number of anilines is 1. The molecule has 0 saturated carbocycles. The molecule has 2 aromatic rings. The van der Waals surface area contributed by atoms with Gasteiger partial charge in [0.15, 0.2) is 10.8 Å². The van der Waals surface area contributed by atoms with E-state index in [2.05, 4.69) is 48.2 Å². The average molecular weight is 709 g/mol. The minimum absolute atomic E-state index is 0.0122. The summed E-state index contributed by atoms with van der Waals surface area (Å²) in [5.41, 5.74) is -0.485. The number of oxime groups is 1. The number of thiazole rings is 1. The molecule has 21 heteroatoms. The maximum atomic E-state index is 13.4. The first-order valence-electron chi connectivity index (χ1n) is 14.0. The van der Waals surface area contributed by atoms with Gasteiger partial charge >= 0.3 is 12.1 Å². The number of tetrazole rings is 1. The van der Waals surface area contributed by atoms with Crippen LogP contribution >= 0.6 is 34.9 Å². The topological polar surface area (TPSA) is 232 Å². The van der Waals surface area contributed by atoms with Crippen molar-refractivity contribution in [2.75, 3.05) is 30.0 Å². The van der Waals surface area contributed by atoms with E-state index in [9.17, 15) is 29.1 Å². The van der Waals surface area contributed by atoms with Crippen molar-refractivity contribution in [3.05, 3.63) is 35.0 Å². The van der Waals surface area contributed by atoms with Crippen LogP contribution in [0.25, 0.3) is 0 Å². The second-order valence-corrected chi connectivity index (χ2v) is 13.6. The Morgan fingerprint density at radius 3 is 2.81 bits per heavy atom. The molecule has 0 radical (unpaired) electrons. The van der Waals surface area contributed by atoms with Crippen molar-refractivity contribution in [3.8, 4) is 0 Å². The summed E-state index contributed by atoms with van der Waals surface area (Å²) in [5, 5.41) is 34.5. The van der Waals surface area contributed by atoms with Crippen molar-refractivity contribution in [3.63, 3.8) is 0 Å². The summed E-state index contributed by atoms with van der Waals surface area (Å²) in [6.45, 7) is 9.49. The van der Waals surface area contributed by atoms with Gasteiger partial charge in [0, 0.05) is 29.9 Å². The number of allylic oxidation sites excluding steroid dienone is 1. The van der Waals surface area contributed by atoms with Crippen molar-refractivity contribution < 1.29 is 38.7 Å². The molecule has 0 bridgehead atoms. The van der Waals surface area contributed by atoms with Gasteiger partial charge in [0.1, 0.15) is 35.0 Å². The van der Waals surface area contributed by atoms with Crippen LogP contribution in [-0.2, 0) is 35.3 Å². The van der Waals surface area contributed by atoms with Gasteiger partial charge in [-0.1, -0.05) is 23.0 Å². The molecule has 4 rings (SSSR count). The van der Waals surface area contributed by atoms with Gasteiger partial charge in [0.2, 0.25) is 11.6 Å². The summed E-state index contributed by atoms with van der Waals surface area (Å²) < 4.78 is 6.69. The molecule has 2 atom stereocenters. The van der Waals surface area contributed by atoms with Gasteiger partial charge in [-0.15, -0.1) is 34.8 Å². The Bertz CT molecular complexity index is 1580. The molecular formula is C26H32N10O8S3. The molecule has 1 saturated heterocycles. The van der Waals surface area contributed by atoms with Crippen LogP contribution < -0.4 is 16.0 Å². The van der Waals surface area contributed by atoms with Gasteiger partial charge in [0.05, 0.1) is 6.54 Å². The quantitative estimate of drug-likeness (QED) is 0.0363. The number of carboxylic acids is 1. The number of fused-ring (bicyclic) bond motifs is 1. The van der Waals surface area contributed by atoms with E-state index in [0.717, 1.165) is 16.2 Å². The normalized spacial score (nSPS) is 17.7. The Labute approximate surface area is 280 Å². The third kappa shape index (κ3) is 9.07. The maximum Gasteiger partial charge on any atom is 0.407 e. The van der Waals surface area contributed by atoms with E-state index in [1.54, 1.807) is 26.8 Å². The van der Waals surface area contributed by atoms with Gasteiger partial charge in [-0.3, -0.25) is 19.3 Å². The number of hydrogen-bond acceptors (Lipinski definition) is 15. The zero-order chi connectivity index (χ0) is 34.1. The lowest BCUT2D eigenvalue weighted by molar-refractivity contribution is -0.150. The van der Waals surface area contributed by atoms with Crippen LogP contribution in [0.15, 0.2) is 39.6 Å². The van der Waals surface area contributed by atoms with Crippen molar-refractivity contribution in [2.45, 2.75) is 55.9 Å². The zero-order valence-electron chi connectivity index (χ0n) is 25.5. The monoisotopic (exact) mass is 708 g/mol. The predicted molar refractivity (Wildman–Crippen MR) is 172 cm³/mol. The molecule has 4 amide bonds. The number of aliphatic carboxylic acids is 1. The van der Waals surface area contributed by atoms with Crippen molar-refractivity contribution >= 4 is 76.0 Å². The first kappa shape index (κ1) is 35.4. The second kappa shape index (κ2) is 15.9. The van der Waals surface area contributed by atoms with Crippen LogP contribution in [0.1, 0.15) is 32.9 Å². The first-order valence-corrected chi connectivity index (χ1v) is 16.9. The van der Waals surface area contributed by atoms with E-state index < -0.39 is 40.9 Å². The fourth-order valence-electron chi connectivity index (χ4n) is 4.15. The minimum Gasteiger partial charge on any atom is -0.477 e. The van der Waals surface area contributed by atoms with Crippen molar-refractivity contribution in [2.24, 2.45) is 5.16 Å². The highest BCUT2D eigenvalue weighted by Crippen LogP contribution is 2.41. The average Bonchev–Trinajstić information content (AvgIpc) is 3.66. The number of ether oxygens (including phenoxy) is 1. The highest BCUT2D eigenvalue weighted by molar-refractivity contribution is 8.01. The van der Waals surface area contributed by atoms with E-state index in [4.69, 9.17) is 9.57 Å². The molecule has 1 fully saturated rings. The lowest BCUT2D eigenvalue weighted by Crippen LogP contribution is -2.71. The maximum absolute atomic E-state index is 13.4. The van der Waals surface area contributed by atoms with Crippen LogP contribution in [0.4, 0.5) is 9.93 Å². The third-order valence-electron chi connectivity index (χ3n) is 6.09. The minimum atomic E-state index is -1.27. The summed E-state index contributed by atoms with van der Waals surface area (Å²) in [4.78, 5) is 72.3. The summed E-state index contributed by atoms with van der Waals surface area (Å²) in [6, 6.07) is -1.05. The molecule has 2 aliphatic heterocycles. The summed E-state index contributed by atoms with van der Waals surface area (Å²) in [6.07, 6.45) is 1.80. The number of aromatic nitrogens is 5. The van der Waals surface area contributed by atoms with E-state index in [0.29, 0.717) is 30.1 Å². The third-order valence-corrected chi connectivity index (χ3v) is 9.25. The fourth-order valence-corrected chi connectivity index (χ4v) is 7.17. The number of thioether (sulfide) groups is 2. The van der Waals surface area contributed by atoms with Crippen molar-refractivity contribution in [1.82, 2.24) is 40.7 Å². The molecule has 4 N–H and O–H groups in total. The number of carboxylic acid groups (broad SMARTS) is 1. The Balaban J connectivity index is 1.41. The molecular weight excluding hydrogens is 677 g/mol. The van der Waals surface area contributed by atoms with Gasteiger partial charge in [-0.2, -0.15) is 0 Å². The molecule has 0 aromatic carbocycles. The standard InChI is InChI=1S/C26H32N10O8S3/c1-5-8-35-24(31-33-34-35)47-11-14-10-45-21-17(20(39)36(21)18(14)22(40)41)30-19(38)16(15-12-46-23(29-15)28-13-37)32-43-9-6-7-27-25(42)44-26(2,3)4/h5,12-13,17,21H,1,6-11H2,2-4H3,(H,27,42)(H,30,38)(H,40,41)(H,28,29,37)/t17?,21-/m0/s1. The Hall–Kier alpha value is -4.50. The molecule has 2 aromatic heterocycles. The first-order chi connectivity index (χ1) is 22.4. The highest BCUT2D eigenvalue weighted by atomic mass is 32.2. The summed E-state index contributed by atoms with van der Waals surface area (Å²) >= 11 is 3.57. The number of β-lactam (4-membered cyclic amide) rings is 1. The van der Waals surface area contributed by atoms with Crippen molar-refractivity contribution in [1.29, 1.82) is 0 Å². The number of alkyl carbamates (subject to hydrolysis) is 1. The number of carbonyl (C=O) groups is 5. The largest absolute Gasteiger partial charge is 0.477 e. The molecule has 252 valence electrons. The number of amides is 4. The molecule has 47 heavy (non-hydrogen) atoms. The van der Waals surface area contributed by atoms with E-state index in [1.165, 1.54) is 33.6 Å². The summed E-state index contributed by atoms with van der Waals surface area (Å²) in [5.74, 6) is -2.17. The molecule has 4 heterocycles.